The molecule has 106 valence electrons. The van der Waals surface area contributed by atoms with Gasteiger partial charge in [0.2, 0.25) is 0 Å². The highest BCUT2D eigenvalue weighted by Gasteiger charge is 2.25. The minimum atomic E-state index is 0.119. The summed E-state index contributed by atoms with van der Waals surface area (Å²) in [6.07, 6.45) is 3.22. The van der Waals surface area contributed by atoms with E-state index < -0.39 is 0 Å². The molecule has 1 amide bonds. The average molecular weight is 264 g/mol. The van der Waals surface area contributed by atoms with E-state index in [1.165, 1.54) is 0 Å². The number of carbonyl (C=O) groups excluding carboxylic acids is 1. The lowest BCUT2D eigenvalue weighted by atomic mass is 9.93. The molecular formula is C14H24N4O. The Bertz CT molecular complexity index is 433. The second-order valence-corrected chi connectivity index (χ2v) is 5.30. The Hall–Kier alpha value is -1.36. The molecule has 0 bridgehead atoms. The Morgan fingerprint density at radius 3 is 2.74 bits per heavy atom. The smallest absolute Gasteiger partial charge is 0.272 e. The van der Waals surface area contributed by atoms with E-state index in [4.69, 9.17) is 5.73 Å². The number of amides is 1. The molecule has 5 heteroatoms. The van der Waals surface area contributed by atoms with Gasteiger partial charge in [-0.1, -0.05) is 0 Å². The van der Waals surface area contributed by atoms with Gasteiger partial charge in [-0.2, -0.15) is 5.10 Å². The van der Waals surface area contributed by atoms with Crippen molar-refractivity contribution in [1.29, 1.82) is 0 Å². The molecule has 0 radical (unpaired) electrons. The van der Waals surface area contributed by atoms with Gasteiger partial charge in [-0.25, -0.2) is 0 Å². The highest BCUT2D eigenvalue weighted by Crippen LogP contribution is 2.21. The zero-order valence-electron chi connectivity index (χ0n) is 11.9. The normalized spacial score (nSPS) is 16.9. The summed E-state index contributed by atoms with van der Waals surface area (Å²) in [4.78, 5) is 14.5. The van der Waals surface area contributed by atoms with Crippen molar-refractivity contribution in [3.05, 3.63) is 17.5 Å². The highest BCUT2D eigenvalue weighted by atomic mass is 16.2. The van der Waals surface area contributed by atoms with Crippen LogP contribution in [0.15, 0.2) is 6.07 Å². The topological polar surface area (TPSA) is 64.2 Å². The quantitative estimate of drug-likeness (QED) is 0.894. The first-order valence-corrected chi connectivity index (χ1v) is 7.19. The van der Waals surface area contributed by atoms with Gasteiger partial charge in [-0.15, -0.1) is 0 Å². The molecule has 5 nitrogen and oxygen atoms in total. The van der Waals surface area contributed by atoms with E-state index in [9.17, 15) is 4.79 Å². The van der Waals surface area contributed by atoms with E-state index in [2.05, 4.69) is 5.10 Å². The summed E-state index contributed by atoms with van der Waals surface area (Å²) in [5.41, 5.74) is 7.22. The van der Waals surface area contributed by atoms with Crippen molar-refractivity contribution >= 4 is 5.91 Å². The fourth-order valence-corrected chi connectivity index (χ4v) is 2.78. The highest BCUT2D eigenvalue weighted by molar-refractivity contribution is 5.92. The van der Waals surface area contributed by atoms with Crippen molar-refractivity contribution in [1.82, 2.24) is 14.7 Å². The number of aryl methyl sites for hydroxylation is 2. The fourth-order valence-electron chi connectivity index (χ4n) is 2.78. The zero-order valence-corrected chi connectivity index (χ0v) is 11.9. The first-order chi connectivity index (χ1) is 9.15. The number of nitrogens with two attached hydrogens (primary N) is 1. The molecule has 2 heterocycles. The SMILES string of the molecule is CCn1nc(C)cc1C(=O)N1CCC(CCN)CC1. The number of aromatic nitrogens is 2. The third-order valence-electron chi connectivity index (χ3n) is 3.90. The van der Waals surface area contributed by atoms with Crippen molar-refractivity contribution in [3.8, 4) is 0 Å². The molecule has 2 rings (SSSR count). The summed E-state index contributed by atoms with van der Waals surface area (Å²) in [6, 6.07) is 1.89. The first kappa shape index (κ1) is 14.1. The predicted octanol–water partition coefficient (Wildman–Crippen LogP) is 1.41. The van der Waals surface area contributed by atoms with E-state index in [-0.39, 0.29) is 5.91 Å². The van der Waals surface area contributed by atoms with Crippen LogP contribution >= 0.6 is 0 Å². The molecular weight excluding hydrogens is 240 g/mol. The summed E-state index contributed by atoms with van der Waals surface area (Å²) >= 11 is 0. The van der Waals surface area contributed by atoms with Crippen LogP contribution in [-0.2, 0) is 6.54 Å². The third-order valence-corrected chi connectivity index (χ3v) is 3.90. The molecule has 1 saturated heterocycles. The summed E-state index contributed by atoms with van der Waals surface area (Å²) in [5.74, 6) is 0.806. The van der Waals surface area contributed by atoms with Gasteiger partial charge in [0.05, 0.1) is 5.69 Å². The third kappa shape index (κ3) is 3.15. The summed E-state index contributed by atoms with van der Waals surface area (Å²) in [6.45, 7) is 7.11. The van der Waals surface area contributed by atoms with Gasteiger partial charge in [0.25, 0.3) is 5.91 Å². The zero-order chi connectivity index (χ0) is 13.8. The van der Waals surface area contributed by atoms with Gasteiger partial charge in [0.15, 0.2) is 0 Å². The lowest BCUT2D eigenvalue weighted by Crippen LogP contribution is -2.39. The van der Waals surface area contributed by atoms with Crippen LogP contribution in [-0.4, -0.2) is 40.2 Å². The van der Waals surface area contributed by atoms with E-state index in [0.29, 0.717) is 5.92 Å². The minimum absolute atomic E-state index is 0.119. The van der Waals surface area contributed by atoms with Crippen molar-refractivity contribution in [2.75, 3.05) is 19.6 Å². The number of hydrogen-bond donors (Lipinski definition) is 1. The van der Waals surface area contributed by atoms with E-state index in [0.717, 1.165) is 56.8 Å². The Morgan fingerprint density at radius 2 is 2.16 bits per heavy atom. The molecule has 0 aromatic carbocycles. The van der Waals surface area contributed by atoms with Crippen LogP contribution in [0.2, 0.25) is 0 Å². The van der Waals surface area contributed by atoms with Gasteiger partial charge in [-0.3, -0.25) is 9.48 Å². The first-order valence-electron chi connectivity index (χ1n) is 7.19. The minimum Gasteiger partial charge on any atom is -0.337 e. The van der Waals surface area contributed by atoms with Crippen LogP contribution in [0, 0.1) is 12.8 Å². The predicted molar refractivity (Wildman–Crippen MR) is 74.9 cm³/mol. The molecule has 1 aliphatic rings. The second kappa shape index (κ2) is 6.19. The lowest BCUT2D eigenvalue weighted by molar-refractivity contribution is 0.0675. The Balaban J connectivity index is 2.01. The summed E-state index contributed by atoms with van der Waals surface area (Å²) < 4.78 is 1.80. The number of likely N-dealkylation sites (tertiary alicyclic amines) is 1. The van der Waals surface area contributed by atoms with E-state index in [1.54, 1.807) is 4.68 Å². The molecule has 0 unspecified atom stereocenters. The summed E-state index contributed by atoms with van der Waals surface area (Å²) in [7, 11) is 0. The molecule has 0 aliphatic carbocycles. The largest absolute Gasteiger partial charge is 0.337 e. The number of hydrogen-bond acceptors (Lipinski definition) is 3. The Labute approximate surface area is 114 Å². The molecule has 1 aliphatic heterocycles. The van der Waals surface area contributed by atoms with Crippen molar-refractivity contribution in [2.24, 2.45) is 11.7 Å². The number of rotatable bonds is 4. The van der Waals surface area contributed by atoms with Crippen LogP contribution in [0.1, 0.15) is 42.4 Å². The number of nitrogens with zero attached hydrogens (tertiary/aromatic N) is 3. The Kier molecular flexibility index (Phi) is 4.58. The van der Waals surface area contributed by atoms with Crippen LogP contribution in [0.3, 0.4) is 0 Å². The number of piperidine rings is 1. The van der Waals surface area contributed by atoms with Gasteiger partial charge < -0.3 is 10.6 Å². The van der Waals surface area contributed by atoms with Crippen LogP contribution in [0.5, 0.6) is 0 Å². The second-order valence-electron chi connectivity index (χ2n) is 5.30. The molecule has 1 aromatic heterocycles. The molecule has 1 aromatic rings. The fraction of sp³-hybridized carbons (Fsp3) is 0.714. The molecule has 0 spiro atoms. The maximum atomic E-state index is 12.5. The van der Waals surface area contributed by atoms with E-state index in [1.807, 2.05) is 24.8 Å². The van der Waals surface area contributed by atoms with Crippen LogP contribution in [0.4, 0.5) is 0 Å². The van der Waals surface area contributed by atoms with Crippen LogP contribution < -0.4 is 5.73 Å². The van der Waals surface area contributed by atoms with Crippen molar-refractivity contribution < 1.29 is 4.79 Å². The maximum absolute atomic E-state index is 12.5. The molecule has 1 fully saturated rings. The standard InChI is InChI=1S/C14H24N4O/c1-3-18-13(10-11(2)16-18)14(19)17-8-5-12(4-7-15)6-9-17/h10,12H,3-9,15H2,1-2H3. The molecule has 0 saturated carbocycles. The molecule has 2 N–H and O–H groups in total. The average Bonchev–Trinajstić information content (AvgIpc) is 2.80. The van der Waals surface area contributed by atoms with Crippen molar-refractivity contribution in [2.45, 2.75) is 39.7 Å². The van der Waals surface area contributed by atoms with Crippen LogP contribution in [0.25, 0.3) is 0 Å². The van der Waals surface area contributed by atoms with Gasteiger partial charge >= 0.3 is 0 Å². The molecule has 0 atom stereocenters. The van der Waals surface area contributed by atoms with Crippen molar-refractivity contribution in [3.63, 3.8) is 0 Å². The van der Waals surface area contributed by atoms with Gasteiger partial charge in [0, 0.05) is 19.6 Å². The monoisotopic (exact) mass is 264 g/mol. The van der Waals surface area contributed by atoms with Gasteiger partial charge in [-0.05, 0) is 51.6 Å². The maximum Gasteiger partial charge on any atom is 0.272 e. The lowest BCUT2D eigenvalue weighted by Gasteiger charge is -2.31. The van der Waals surface area contributed by atoms with Gasteiger partial charge in [0.1, 0.15) is 5.69 Å². The Morgan fingerprint density at radius 1 is 1.47 bits per heavy atom. The summed E-state index contributed by atoms with van der Waals surface area (Å²) in [5, 5.41) is 4.34. The van der Waals surface area contributed by atoms with E-state index >= 15 is 0 Å². The molecule has 19 heavy (non-hydrogen) atoms. The number of carbonyl (C=O) groups is 1.